The van der Waals surface area contributed by atoms with Crippen LogP contribution in [-0.2, 0) is 11.3 Å². The van der Waals surface area contributed by atoms with Crippen LogP contribution in [0.1, 0.15) is 25.1 Å². The summed E-state index contributed by atoms with van der Waals surface area (Å²) >= 11 is 0. The molecule has 1 aliphatic rings. The molecule has 0 aromatic carbocycles. The molecule has 15 heavy (non-hydrogen) atoms. The maximum Gasteiger partial charge on any atom is 0.114 e. The Morgan fingerprint density at radius 3 is 2.87 bits per heavy atom. The minimum Gasteiger partial charge on any atom is -0.370 e. The molecule has 0 aliphatic carbocycles. The van der Waals surface area contributed by atoms with Gasteiger partial charge in [0.05, 0.1) is 5.69 Å². The number of hydrogen-bond donors (Lipinski definition) is 1. The molecule has 88 valence electrons. The van der Waals surface area contributed by atoms with E-state index in [1.807, 2.05) is 10.7 Å². The van der Waals surface area contributed by atoms with Gasteiger partial charge in [-0.25, -0.2) is 0 Å². The van der Waals surface area contributed by atoms with Gasteiger partial charge in [0.25, 0.3) is 0 Å². The molecule has 2 rings (SSSR count). The number of nitrogens with zero attached hydrogens (tertiary/aromatic N) is 2. The molecule has 0 saturated carbocycles. The number of rotatable bonds is 2. The quantitative estimate of drug-likeness (QED) is 0.870. The maximum atomic E-state index is 5.93. The Morgan fingerprint density at radius 1 is 1.60 bits per heavy atom. The first-order valence-electron chi connectivity index (χ1n) is 4.72. The number of ether oxygens (including phenoxy) is 1. The van der Waals surface area contributed by atoms with E-state index in [2.05, 4.69) is 12.0 Å². The summed E-state index contributed by atoms with van der Waals surface area (Å²) in [6.07, 6.45) is 2.79. The zero-order valence-corrected chi connectivity index (χ0v) is 10.3. The molecule has 0 unspecified atom stereocenters. The largest absolute Gasteiger partial charge is 0.370 e. The third-order valence-electron chi connectivity index (χ3n) is 2.48. The van der Waals surface area contributed by atoms with Crippen LogP contribution >= 0.6 is 24.8 Å². The van der Waals surface area contributed by atoms with E-state index in [-0.39, 0.29) is 37.0 Å². The van der Waals surface area contributed by atoms with Crippen molar-refractivity contribution in [3.05, 3.63) is 18.0 Å². The minimum atomic E-state index is 0. The SMILES string of the molecule is CCn1nccc1[C@@H]1OCC[C@H]1N.Cl.Cl. The van der Waals surface area contributed by atoms with Crippen LogP contribution in [0.15, 0.2) is 12.3 Å². The van der Waals surface area contributed by atoms with Gasteiger partial charge in [0.15, 0.2) is 0 Å². The Morgan fingerprint density at radius 2 is 2.33 bits per heavy atom. The second kappa shape index (κ2) is 6.33. The van der Waals surface area contributed by atoms with Crippen molar-refractivity contribution >= 4 is 24.8 Å². The van der Waals surface area contributed by atoms with Crippen LogP contribution in [0.4, 0.5) is 0 Å². The van der Waals surface area contributed by atoms with Gasteiger partial charge in [0.2, 0.25) is 0 Å². The summed E-state index contributed by atoms with van der Waals surface area (Å²) in [6, 6.07) is 2.11. The van der Waals surface area contributed by atoms with E-state index in [9.17, 15) is 0 Å². The lowest BCUT2D eigenvalue weighted by Crippen LogP contribution is -2.25. The first-order chi connectivity index (χ1) is 6.33. The Kier molecular flexibility index (Phi) is 6.20. The molecule has 0 amide bonds. The highest BCUT2D eigenvalue weighted by Gasteiger charge is 2.28. The van der Waals surface area contributed by atoms with Crippen molar-refractivity contribution in [3.8, 4) is 0 Å². The molecule has 2 N–H and O–H groups in total. The van der Waals surface area contributed by atoms with Gasteiger partial charge in [0.1, 0.15) is 6.10 Å². The standard InChI is InChI=1S/C9H15N3O.2ClH/c1-2-12-8(3-5-11-12)9-7(10)4-6-13-9;;/h3,5,7,9H,2,4,6,10H2,1H3;2*1H/t7-,9-;;/m1../s1. The third kappa shape index (κ3) is 2.84. The fraction of sp³-hybridized carbons (Fsp3) is 0.667. The predicted molar refractivity (Wildman–Crippen MR) is 63.7 cm³/mol. The van der Waals surface area contributed by atoms with Crippen LogP contribution in [0.2, 0.25) is 0 Å². The highest BCUT2D eigenvalue weighted by molar-refractivity contribution is 5.85. The van der Waals surface area contributed by atoms with Crippen LogP contribution in [0.5, 0.6) is 0 Å². The third-order valence-corrected chi connectivity index (χ3v) is 2.48. The van der Waals surface area contributed by atoms with E-state index >= 15 is 0 Å². The Balaban J connectivity index is 0.000000980. The summed E-state index contributed by atoms with van der Waals surface area (Å²) in [5.74, 6) is 0. The Labute approximate surface area is 102 Å². The second-order valence-corrected chi connectivity index (χ2v) is 3.32. The van der Waals surface area contributed by atoms with Crippen LogP contribution in [0.25, 0.3) is 0 Å². The topological polar surface area (TPSA) is 53.1 Å². The van der Waals surface area contributed by atoms with Crippen LogP contribution in [0, 0.1) is 0 Å². The van der Waals surface area contributed by atoms with Crippen molar-refractivity contribution in [3.63, 3.8) is 0 Å². The molecular formula is C9H17Cl2N3O. The number of aryl methyl sites for hydroxylation is 1. The number of nitrogens with two attached hydrogens (primary N) is 1. The zero-order valence-electron chi connectivity index (χ0n) is 8.63. The molecule has 0 spiro atoms. The predicted octanol–water partition coefficient (Wildman–Crippen LogP) is 1.54. The van der Waals surface area contributed by atoms with Gasteiger partial charge in [-0.15, -0.1) is 24.8 Å². The van der Waals surface area contributed by atoms with Gasteiger partial charge in [-0.3, -0.25) is 4.68 Å². The molecule has 1 aromatic heterocycles. The van der Waals surface area contributed by atoms with Crippen molar-refractivity contribution in [1.82, 2.24) is 9.78 Å². The monoisotopic (exact) mass is 253 g/mol. The minimum absolute atomic E-state index is 0. The summed E-state index contributed by atoms with van der Waals surface area (Å²) in [4.78, 5) is 0. The summed E-state index contributed by atoms with van der Waals surface area (Å²) in [6.45, 7) is 3.70. The summed E-state index contributed by atoms with van der Waals surface area (Å²) in [5.41, 5.74) is 7.03. The van der Waals surface area contributed by atoms with Gasteiger partial charge >= 0.3 is 0 Å². The summed E-state index contributed by atoms with van der Waals surface area (Å²) < 4.78 is 7.51. The molecule has 2 heterocycles. The molecule has 0 bridgehead atoms. The van der Waals surface area contributed by atoms with E-state index in [4.69, 9.17) is 10.5 Å². The Hall–Kier alpha value is -0.290. The van der Waals surface area contributed by atoms with E-state index in [1.54, 1.807) is 6.20 Å². The summed E-state index contributed by atoms with van der Waals surface area (Å²) in [7, 11) is 0. The lowest BCUT2D eigenvalue weighted by Gasteiger charge is -2.15. The fourth-order valence-corrected chi connectivity index (χ4v) is 1.76. The molecule has 4 nitrogen and oxygen atoms in total. The smallest absolute Gasteiger partial charge is 0.114 e. The van der Waals surface area contributed by atoms with Crippen LogP contribution < -0.4 is 5.73 Å². The van der Waals surface area contributed by atoms with E-state index in [0.717, 1.165) is 25.3 Å². The lowest BCUT2D eigenvalue weighted by molar-refractivity contribution is 0.0975. The normalized spacial score (nSPS) is 24.4. The highest BCUT2D eigenvalue weighted by atomic mass is 35.5. The summed E-state index contributed by atoms with van der Waals surface area (Å²) in [5, 5.41) is 4.19. The molecule has 1 aliphatic heterocycles. The van der Waals surface area contributed by atoms with E-state index < -0.39 is 0 Å². The molecule has 1 saturated heterocycles. The second-order valence-electron chi connectivity index (χ2n) is 3.32. The molecule has 0 radical (unpaired) electrons. The van der Waals surface area contributed by atoms with Gasteiger partial charge in [-0.1, -0.05) is 0 Å². The van der Waals surface area contributed by atoms with Crippen LogP contribution in [0.3, 0.4) is 0 Å². The maximum absolute atomic E-state index is 5.93. The number of hydrogen-bond acceptors (Lipinski definition) is 3. The molecule has 1 aromatic rings. The van der Waals surface area contributed by atoms with Gasteiger partial charge in [-0.05, 0) is 19.4 Å². The molecule has 1 fully saturated rings. The molecule has 6 heteroatoms. The van der Waals surface area contributed by atoms with E-state index in [0.29, 0.717) is 0 Å². The molecule has 2 atom stereocenters. The fourth-order valence-electron chi connectivity index (χ4n) is 1.76. The van der Waals surface area contributed by atoms with E-state index in [1.165, 1.54) is 0 Å². The average Bonchev–Trinajstić information content (AvgIpc) is 2.71. The first-order valence-corrected chi connectivity index (χ1v) is 4.72. The van der Waals surface area contributed by atoms with Crippen molar-refractivity contribution in [1.29, 1.82) is 0 Å². The lowest BCUT2D eigenvalue weighted by atomic mass is 10.1. The highest BCUT2D eigenvalue weighted by Crippen LogP contribution is 2.27. The van der Waals surface area contributed by atoms with Gasteiger partial charge < -0.3 is 10.5 Å². The number of halogens is 2. The van der Waals surface area contributed by atoms with Gasteiger partial charge in [0, 0.05) is 25.4 Å². The first kappa shape index (κ1) is 14.7. The Bertz CT molecular complexity index is 293. The zero-order chi connectivity index (χ0) is 9.26. The van der Waals surface area contributed by atoms with Crippen molar-refractivity contribution in [2.75, 3.05) is 6.61 Å². The van der Waals surface area contributed by atoms with Gasteiger partial charge in [-0.2, -0.15) is 5.10 Å². The van der Waals surface area contributed by atoms with Crippen molar-refractivity contribution < 1.29 is 4.74 Å². The van der Waals surface area contributed by atoms with Crippen molar-refractivity contribution in [2.24, 2.45) is 5.73 Å². The average molecular weight is 254 g/mol. The number of aromatic nitrogens is 2. The molecular weight excluding hydrogens is 237 g/mol. The van der Waals surface area contributed by atoms with Crippen LogP contribution in [-0.4, -0.2) is 22.4 Å². The van der Waals surface area contributed by atoms with Crippen molar-refractivity contribution in [2.45, 2.75) is 32.0 Å².